The number of nitrogens with zero attached hydrogens (tertiary/aromatic N) is 2. The number of hydrogen-bond donors (Lipinski definition) is 2. The molecular weight excluding hydrogens is 260 g/mol. The van der Waals surface area contributed by atoms with Gasteiger partial charge in [-0.05, 0) is 23.3 Å². The van der Waals surface area contributed by atoms with Crippen LogP contribution in [0.4, 0.5) is 11.4 Å². The zero-order valence-electron chi connectivity index (χ0n) is 11.4. The van der Waals surface area contributed by atoms with Crippen LogP contribution in [0.1, 0.15) is 16.7 Å². The third-order valence-electron chi connectivity index (χ3n) is 3.95. The molecule has 2 aromatic carbocycles. The summed E-state index contributed by atoms with van der Waals surface area (Å²) in [7, 11) is 0. The first-order valence-electron chi connectivity index (χ1n) is 6.91. The van der Waals surface area contributed by atoms with E-state index >= 15 is 0 Å². The van der Waals surface area contributed by atoms with E-state index in [9.17, 15) is 0 Å². The molecule has 0 saturated heterocycles. The Kier molecular flexibility index (Phi) is 2.51. The highest BCUT2D eigenvalue weighted by Gasteiger charge is 2.23. The molecule has 0 atom stereocenters. The van der Waals surface area contributed by atoms with E-state index < -0.39 is 0 Å². The van der Waals surface area contributed by atoms with Gasteiger partial charge in [0.25, 0.3) is 0 Å². The van der Waals surface area contributed by atoms with Gasteiger partial charge in [-0.1, -0.05) is 30.3 Å². The predicted molar refractivity (Wildman–Crippen MR) is 85.5 cm³/mol. The second-order valence-electron chi connectivity index (χ2n) is 5.36. The van der Waals surface area contributed by atoms with Crippen LogP contribution in [-0.2, 0) is 12.8 Å². The largest absolute Gasteiger partial charge is 0.384 e. The van der Waals surface area contributed by atoms with E-state index in [2.05, 4.69) is 6.07 Å². The Bertz CT molecular complexity index is 830. The minimum atomic E-state index is 0.0760. The quantitative estimate of drug-likeness (QED) is 0.641. The smallest absolute Gasteiger partial charge is 0.122 e. The number of hydrogen-bond acceptors (Lipinski definition) is 3. The van der Waals surface area contributed by atoms with Crippen LogP contribution >= 0.6 is 0 Å². The Hall–Kier alpha value is -2.75. The molecule has 2 aliphatic rings. The van der Waals surface area contributed by atoms with Gasteiger partial charge in [0.2, 0.25) is 0 Å². The van der Waals surface area contributed by atoms with Crippen LogP contribution in [0.3, 0.4) is 0 Å². The number of nitrogens with two attached hydrogens (primary N) is 1. The third-order valence-corrected chi connectivity index (χ3v) is 3.95. The van der Waals surface area contributed by atoms with Crippen LogP contribution < -0.4 is 5.73 Å². The Labute approximate surface area is 122 Å². The maximum atomic E-state index is 7.51. The number of nitrogens with one attached hydrogen (secondary N) is 1. The van der Waals surface area contributed by atoms with Crippen LogP contribution in [0.2, 0.25) is 0 Å². The molecule has 0 amide bonds. The van der Waals surface area contributed by atoms with E-state index in [1.165, 1.54) is 11.1 Å². The van der Waals surface area contributed by atoms with E-state index in [0.29, 0.717) is 0 Å². The molecule has 4 rings (SSSR count). The van der Waals surface area contributed by atoms with Crippen LogP contribution in [0.5, 0.6) is 0 Å². The Morgan fingerprint density at radius 2 is 1.57 bits per heavy atom. The van der Waals surface area contributed by atoms with Gasteiger partial charge in [-0.25, -0.2) is 0 Å². The van der Waals surface area contributed by atoms with E-state index in [4.69, 9.17) is 21.1 Å². The number of benzene rings is 2. The summed E-state index contributed by atoms with van der Waals surface area (Å²) in [4.78, 5) is 9.39. The van der Waals surface area contributed by atoms with Crippen molar-refractivity contribution < 1.29 is 0 Å². The van der Waals surface area contributed by atoms with Crippen molar-refractivity contribution in [2.24, 2.45) is 15.7 Å². The second-order valence-corrected chi connectivity index (χ2v) is 5.36. The summed E-state index contributed by atoms with van der Waals surface area (Å²) in [5.41, 5.74) is 12.7. The lowest BCUT2D eigenvalue weighted by molar-refractivity contribution is 1.36. The molecule has 2 aromatic rings. The highest BCUT2D eigenvalue weighted by molar-refractivity contribution is 6.46. The van der Waals surface area contributed by atoms with Gasteiger partial charge in [-0.15, -0.1) is 0 Å². The Morgan fingerprint density at radius 1 is 0.905 bits per heavy atom. The lowest BCUT2D eigenvalue weighted by Crippen LogP contribution is -2.13. The molecule has 2 aliphatic heterocycles. The van der Waals surface area contributed by atoms with Crippen LogP contribution in [0.25, 0.3) is 0 Å². The average Bonchev–Trinajstić information content (AvgIpc) is 3.09. The Morgan fingerprint density at radius 3 is 2.29 bits per heavy atom. The molecule has 4 heteroatoms. The van der Waals surface area contributed by atoms with Crippen molar-refractivity contribution in [1.29, 1.82) is 5.41 Å². The number of rotatable bonds is 2. The number of fused-ring (bicyclic) bond motifs is 2. The highest BCUT2D eigenvalue weighted by Crippen LogP contribution is 2.32. The monoisotopic (exact) mass is 274 g/mol. The normalized spacial score (nSPS) is 15.2. The van der Waals surface area contributed by atoms with E-state index in [-0.39, 0.29) is 5.84 Å². The fraction of sp³-hybridized carbons (Fsp3) is 0.118. The number of para-hydroxylation sites is 1. The third kappa shape index (κ3) is 1.96. The summed E-state index contributed by atoms with van der Waals surface area (Å²) in [6.45, 7) is 0. The molecule has 0 radical (unpaired) electrons. The molecule has 21 heavy (non-hydrogen) atoms. The minimum absolute atomic E-state index is 0.0760. The van der Waals surface area contributed by atoms with Crippen molar-refractivity contribution in [2.45, 2.75) is 12.8 Å². The van der Waals surface area contributed by atoms with Gasteiger partial charge in [0.15, 0.2) is 0 Å². The van der Waals surface area contributed by atoms with Gasteiger partial charge >= 0.3 is 0 Å². The molecule has 0 spiro atoms. The van der Waals surface area contributed by atoms with Crippen molar-refractivity contribution in [3.8, 4) is 0 Å². The highest BCUT2D eigenvalue weighted by atomic mass is 14.9. The topological polar surface area (TPSA) is 74.6 Å². The Balaban J connectivity index is 1.68. The summed E-state index contributed by atoms with van der Waals surface area (Å²) < 4.78 is 0. The first-order chi connectivity index (χ1) is 10.2. The molecule has 0 bridgehead atoms. The van der Waals surface area contributed by atoms with Gasteiger partial charge in [-0.2, -0.15) is 0 Å². The SMILES string of the molecule is N=C(N)c1ccc2c(c1)N=C(C1=Nc3ccccc3C1)C2. The van der Waals surface area contributed by atoms with Crippen LogP contribution in [0, 0.1) is 5.41 Å². The van der Waals surface area contributed by atoms with Crippen molar-refractivity contribution in [3.63, 3.8) is 0 Å². The van der Waals surface area contributed by atoms with E-state index in [1.807, 2.05) is 36.4 Å². The number of aliphatic imine (C=N–C) groups is 2. The maximum absolute atomic E-state index is 7.51. The average molecular weight is 274 g/mol. The molecule has 3 N–H and O–H groups in total. The van der Waals surface area contributed by atoms with E-state index in [1.54, 1.807) is 0 Å². The van der Waals surface area contributed by atoms with Crippen molar-refractivity contribution in [2.75, 3.05) is 0 Å². The zero-order valence-corrected chi connectivity index (χ0v) is 11.4. The molecular formula is C17H14N4. The fourth-order valence-electron chi connectivity index (χ4n) is 2.82. The van der Waals surface area contributed by atoms with Crippen LogP contribution in [0.15, 0.2) is 52.4 Å². The van der Waals surface area contributed by atoms with Gasteiger partial charge in [-0.3, -0.25) is 15.4 Å². The predicted octanol–water partition coefficient (Wildman–Crippen LogP) is 2.93. The first kappa shape index (κ1) is 12.0. The van der Waals surface area contributed by atoms with Crippen molar-refractivity contribution >= 4 is 28.6 Å². The standard InChI is InChI=1S/C17H14N4/c18-17(19)12-6-5-11-8-16(21-14(11)9-12)15-7-10-3-1-2-4-13(10)20-15/h1-6,9H,7-8H2,(H3,18,19). The molecule has 0 fully saturated rings. The first-order valence-corrected chi connectivity index (χ1v) is 6.91. The van der Waals surface area contributed by atoms with E-state index in [0.717, 1.165) is 41.2 Å². The fourth-order valence-corrected chi connectivity index (χ4v) is 2.82. The molecule has 102 valence electrons. The van der Waals surface area contributed by atoms with Crippen molar-refractivity contribution in [1.82, 2.24) is 0 Å². The summed E-state index contributed by atoms with van der Waals surface area (Å²) in [5, 5.41) is 7.51. The number of nitrogen functional groups attached to an aromatic ring is 1. The number of amidine groups is 1. The molecule has 2 heterocycles. The zero-order chi connectivity index (χ0) is 14.4. The lowest BCUT2D eigenvalue weighted by atomic mass is 10.0. The van der Waals surface area contributed by atoms with Crippen LogP contribution in [-0.4, -0.2) is 17.3 Å². The second kappa shape index (κ2) is 4.38. The van der Waals surface area contributed by atoms with Gasteiger partial charge < -0.3 is 5.73 Å². The lowest BCUT2D eigenvalue weighted by Gasteiger charge is -2.00. The molecule has 0 aliphatic carbocycles. The van der Waals surface area contributed by atoms with Gasteiger partial charge in [0, 0.05) is 18.4 Å². The minimum Gasteiger partial charge on any atom is -0.384 e. The van der Waals surface area contributed by atoms with Gasteiger partial charge in [0.1, 0.15) is 5.84 Å². The molecule has 0 unspecified atom stereocenters. The summed E-state index contributed by atoms with van der Waals surface area (Å²) in [5.74, 6) is 0.0760. The summed E-state index contributed by atoms with van der Waals surface area (Å²) >= 11 is 0. The van der Waals surface area contributed by atoms with Gasteiger partial charge in [0.05, 0.1) is 22.8 Å². The molecule has 4 nitrogen and oxygen atoms in total. The van der Waals surface area contributed by atoms with Crippen molar-refractivity contribution in [3.05, 3.63) is 59.2 Å². The summed E-state index contributed by atoms with van der Waals surface area (Å²) in [6.07, 6.45) is 1.66. The molecule has 0 saturated carbocycles. The molecule has 0 aromatic heterocycles. The summed E-state index contributed by atoms with van der Waals surface area (Å²) in [6, 6.07) is 14.0. The maximum Gasteiger partial charge on any atom is 0.122 e.